The molecule has 4 aromatic rings. The molecule has 0 N–H and O–H groups in total. The number of nitrogens with zero attached hydrogens (tertiary/aromatic N) is 2. The fourth-order valence-corrected chi connectivity index (χ4v) is 3.06. The van der Waals surface area contributed by atoms with Crippen molar-refractivity contribution >= 4 is 46.2 Å². The van der Waals surface area contributed by atoms with Crippen molar-refractivity contribution in [2.45, 2.75) is 0 Å². The summed E-state index contributed by atoms with van der Waals surface area (Å²) < 4.78 is 10.9. The number of ether oxygens (including phenoxy) is 1. The van der Waals surface area contributed by atoms with Crippen molar-refractivity contribution in [2.75, 3.05) is 7.11 Å². The van der Waals surface area contributed by atoms with Crippen LogP contribution in [-0.4, -0.2) is 18.3 Å². The molecule has 0 aliphatic heterocycles. The molecule has 0 bridgehead atoms. The second-order valence-electron chi connectivity index (χ2n) is 5.83. The van der Waals surface area contributed by atoms with Gasteiger partial charge >= 0.3 is 0 Å². The Morgan fingerprint density at radius 1 is 1.00 bits per heavy atom. The molecule has 134 valence electrons. The first kappa shape index (κ1) is 17.6. The Morgan fingerprint density at radius 2 is 1.81 bits per heavy atom. The number of methoxy groups -OCH3 is 1. The Balaban J connectivity index is 1.55. The van der Waals surface area contributed by atoms with Crippen molar-refractivity contribution in [1.82, 2.24) is 4.98 Å². The van der Waals surface area contributed by atoms with Crippen LogP contribution in [0.3, 0.4) is 0 Å². The molecule has 1 heterocycles. The fraction of sp³-hybridized carbons (Fsp3) is 0.0476. The molecule has 0 spiro atoms. The third kappa shape index (κ3) is 3.82. The van der Waals surface area contributed by atoms with Crippen LogP contribution in [-0.2, 0) is 0 Å². The van der Waals surface area contributed by atoms with Gasteiger partial charge in [-0.15, -0.1) is 0 Å². The number of rotatable bonds is 4. The Labute approximate surface area is 166 Å². The van der Waals surface area contributed by atoms with E-state index in [4.69, 9.17) is 32.4 Å². The van der Waals surface area contributed by atoms with Gasteiger partial charge < -0.3 is 9.15 Å². The van der Waals surface area contributed by atoms with E-state index in [2.05, 4.69) is 9.98 Å². The van der Waals surface area contributed by atoms with Crippen LogP contribution in [0.15, 0.2) is 70.1 Å². The van der Waals surface area contributed by atoms with E-state index < -0.39 is 0 Å². The normalized spacial score (nSPS) is 11.4. The van der Waals surface area contributed by atoms with E-state index in [9.17, 15) is 0 Å². The minimum absolute atomic E-state index is 0.546. The summed E-state index contributed by atoms with van der Waals surface area (Å²) in [6, 6.07) is 18.5. The lowest BCUT2D eigenvalue weighted by Gasteiger charge is -2.02. The SMILES string of the molecule is COc1ccc(C=Nc2ccc(-c3nc4cc(Cl)ccc4o3)cc2)cc1Cl. The monoisotopic (exact) mass is 396 g/mol. The smallest absolute Gasteiger partial charge is 0.227 e. The summed E-state index contributed by atoms with van der Waals surface area (Å²) in [5.41, 5.74) is 4.00. The maximum atomic E-state index is 6.13. The molecule has 4 nitrogen and oxygen atoms in total. The van der Waals surface area contributed by atoms with Gasteiger partial charge in [-0.3, -0.25) is 4.99 Å². The quantitative estimate of drug-likeness (QED) is 0.367. The average Bonchev–Trinajstić information content (AvgIpc) is 3.10. The number of aliphatic imine (C=N–C) groups is 1. The minimum Gasteiger partial charge on any atom is -0.495 e. The summed E-state index contributed by atoms with van der Waals surface area (Å²) in [6.45, 7) is 0. The number of hydrogen-bond donors (Lipinski definition) is 0. The Bertz CT molecular complexity index is 1130. The van der Waals surface area contributed by atoms with Gasteiger partial charge in [0.05, 0.1) is 17.8 Å². The number of aromatic nitrogens is 1. The molecule has 0 radical (unpaired) electrons. The molecule has 0 atom stereocenters. The maximum absolute atomic E-state index is 6.13. The van der Waals surface area contributed by atoms with Crippen LogP contribution in [0.2, 0.25) is 10.0 Å². The molecule has 0 fully saturated rings. The van der Waals surface area contributed by atoms with Crippen LogP contribution in [0, 0.1) is 0 Å². The molecule has 1 aromatic heterocycles. The summed E-state index contributed by atoms with van der Waals surface area (Å²) in [7, 11) is 1.59. The van der Waals surface area contributed by atoms with Gasteiger partial charge in [0.15, 0.2) is 5.58 Å². The van der Waals surface area contributed by atoms with Gasteiger partial charge in [-0.2, -0.15) is 0 Å². The van der Waals surface area contributed by atoms with Gasteiger partial charge in [0.25, 0.3) is 0 Å². The Kier molecular flexibility index (Phi) is 4.84. The van der Waals surface area contributed by atoms with E-state index in [1.807, 2.05) is 48.5 Å². The topological polar surface area (TPSA) is 47.6 Å². The molecule has 6 heteroatoms. The fourth-order valence-electron chi connectivity index (χ4n) is 2.63. The molecule has 27 heavy (non-hydrogen) atoms. The first-order chi connectivity index (χ1) is 13.1. The largest absolute Gasteiger partial charge is 0.495 e. The summed E-state index contributed by atoms with van der Waals surface area (Å²) >= 11 is 12.1. The maximum Gasteiger partial charge on any atom is 0.227 e. The molecule has 0 saturated carbocycles. The molecular weight excluding hydrogens is 383 g/mol. The number of fused-ring (bicyclic) bond motifs is 1. The molecular formula is C21H14Cl2N2O2. The van der Waals surface area contributed by atoms with Gasteiger partial charge in [-0.25, -0.2) is 4.98 Å². The highest BCUT2D eigenvalue weighted by molar-refractivity contribution is 6.32. The van der Waals surface area contributed by atoms with E-state index in [0.717, 1.165) is 22.3 Å². The van der Waals surface area contributed by atoms with E-state index in [1.165, 1.54) is 0 Å². The number of oxazole rings is 1. The Hall–Kier alpha value is -2.82. The molecule has 0 aliphatic rings. The van der Waals surface area contributed by atoms with Crippen LogP contribution >= 0.6 is 23.2 Å². The van der Waals surface area contributed by atoms with Crippen LogP contribution < -0.4 is 4.74 Å². The first-order valence-electron chi connectivity index (χ1n) is 8.16. The second kappa shape index (κ2) is 7.43. The number of halogens is 2. The van der Waals surface area contributed by atoms with Gasteiger partial charge in [-0.05, 0) is 66.2 Å². The second-order valence-corrected chi connectivity index (χ2v) is 6.67. The highest BCUT2D eigenvalue weighted by Crippen LogP contribution is 2.28. The van der Waals surface area contributed by atoms with Crippen molar-refractivity contribution in [2.24, 2.45) is 4.99 Å². The molecule has 0 unspecified atom stereocenters. The van der Waals surface area contributed by atoms with Crippen LogP contribution in [0.1, 0.15) is 5.56 Å². The molecule has 0 saturated heterocycles. The number of benzene rings is 3. The van der Waals surface area contributed by atoms with Crippen LogP contribution in [0.4, 0.5) is 5.69 Å². The highest BCUT2D eigenvalue weighted by Gasteiger charge is 2.08. The van der Waals surface area contributed by atoms with Crippen molar-refractivity contribution in [3.05, 3.63) is 76.3 Å². The summed E-state index contributed by atoms with van der Waals surface area (Å²) in [4.78, 5) is 8.95. The number of hydrogen-bond acceptors (Lipinski definition) is 4. The van der Waals surface area contributed by atoms with Gasteiger partial charge in [0, 0.05) is 16.8 Å². The van der Waals surface area contributed by atoms with Crippen molar-refractivity contribution in [3.8, 4) is 17.2 Å². The molecule has 3 aromatic carbocycles. The summed E-state index contributed by atoms with van der Waals surface area (Å²) in [5.74, 6) is 1.18. The zero-order valence-electron chi connectivity index (χ0n) is 14.3. The van der Waals surface area contributed by atoms with Crippen LogP contribution in [0.5, 0.6) is 5.75 Å². The third-order valence-corrected chi connectivity index (χ3v) is 4.53. The van der Waals surface area contributed by atoms with Gasteiger partial charge in [-0.1, -0.05) is 23.2 Å². The Morgan fingerprint density at radius 3 is 2.56 bits per heavy atom. The van der Waals surface area contributed by atoms with Crippen molar-refractivity contribution < 1.29 is 9.15 Å². The molecule has 0 amide bonds. The van der Waals surface area contributed by atoms with Crippen LogP contribution in [0.25, 0.3) is 22.6 Å². The van der Waals surface area contributed by atoms with E-state index in [-0.39, 0.29) is 0 Å². The lowest BCUT2D eigenvalue weighted by molar-refractivity contribution is 0.415. The zero-order valence-corrected chi connectivity index (χ0v) is 15.8. The van der Waals surface area contributed by atoms with Gasteiger partial charge in [0.1, 0.15) is 11.3 Å². The third-order valence-electron chi connectivity index (χ3n) is 4.00. The predicted octanol–water partition coefficient (Wildman–Crippen LogP) is 6.56. The van der Waals surface area contributed by atoms with E-state index in [0.29, 0.717) is 27.3 Å². The zero-order chi connectivity index (χ0) is 18.8. The van der Waals surface area contributed by atoms with E-state index in [1.54, 1.807) is 25.5 Å². The summed E-state index contributed by atoms with van der Waals surface area (Å²) in [6.07, 6.45) is 1.75. The standard InChI is InChI=1S/C21H14Cl2N2O2/c1-26-19-8-2-13(10-17(19)23)12-24-16-6-3-14(4-7-16)21-25-18-11-15(22)5-9-20(18)27-21/h2-12H,1H3. The van der Waals surface area contributed by atoms with Crippen molar-refractivity contribution in [3.63, 3.8) is 0 Å². The lowest BCUT2D eigenvalue weighted by atomic mass is 10.2. The summed E-state index contributed by atoms with van der Waals surface area (Å²) in [5, 5.41) is 1.18. The van der Waals surface area contributed by atoms with Gasteiger partial charge in [0.2, 0.25) is 5.89 Å². The first-order valence-corrected chi connectivity index (χ1v) is 8.92. The molecule has 0 aliphatic carbocycles. The van der Waals surface area contributed by atoms with E-state index >= 15 is 0 Å². The molecule has 4 rings (SSSR count). The predicted molar refractivity (Wildman–Crippen MR) is 110 cm³/mol. The lowest BCUT2D eigenvalue weighted by Crippen LogP contribution is -1.86. The highest BCUT2D eigenvalue weighted by atomic mass is 35.5. The minimum atomic E-state index is 0.546. The van der Waals surface area contributed by atoms with Crippen molar-refractivity contribution in [1.29, 1.82) is 0 Å². The average molecular weight is 397 g/mol.